The molecule has 0 fully saturated rings. The smallest absolute Gasteiger partial charge is 0.126 e. The Kier molecular flexibility index (Phi) is 4.07. The molecule has 1 N–H and O–H groups in total. The zero-order chi connectivity index (χ0) is 13.8. The summed E-state index contributed by atoms with van der Waals surface area (Å²) in [6.45, 7) is 1.75. The lowest BCUT2D eigenvalue weighted by molar-refractivity contribution is 0.195. The number of benzene rings is 2. The van der Waals surface area contributed by atoms with Crippen LogP contribution < -0.4 is 9.64 Å². The standard InChI is InChI=1S/C16H19NO2/c1-12(18)16-14(10-7-11-15(16)19-3)17(2)13-8-5-4-6-9-13/h4-12,18H,1-3H3/t12-/m0/s1. The van der Waals surface area contributed by atoms with Gasteiger partial charge in [0.2, 0.25) is 0 Å². The summed E-state index contributed by atoms with van der Waals surface area (Å²) in [5.41, 5.74) is 2.81. The maximum absolute atomic E-state index is 10.0. The van der Waals surface area contributed by atoms with Gasteiger partial charge in [0.15, 0.2) is 0 Å². The highest BCUT2D eigenvalue weighted by Gasteiger charge is 2.17. The van der Waals surface area contributed by atoms with E-state index in [1.165, 1.54) is 0 Å². The number of nitrogens with zero attached hydrogens (tertiary/aromatic N) is 1. The van der Waals surface area contributed by atoms with Crippen LogP contribution in [0.15, 0.2) is 48.5 Å². The van der Waals surface area contributed by atoms with Gasteiger partial charge in [-0.25, -0.2) is 0 Å². The van der Waals surface area contributed by atoms with Crippen LogP contribution in [0.1, 0.15) is 18.6 Å². The number of hydrogen-bond donors (Lipinski definition) is 1. The van der Waals surface area contributed by atoms with Crippen LogP contribution in [0.4, 0.5) is 11.4 Å². The molecule has 0 aliphatic rings. The summed E-state index contributed by atoms with van der Waals surface area (Å²) in [7, 11) is 3.60. The molecule has 0 aliphatic heterocycles. The van der Waals surface area contributed by atoms with Crippen molar-refractivity contribution in [2.75, 3.05) is 19.1 Å². The summed E-state index contributed by atoms with van der Waals surface area (Å²) < 4.78 is 5.35. The molecule has 1 atom stereocenters. The Morgan fingerprint density at radius 2 is 1.74 bits per heavy atom. The predicted molar refractivity (Wildman–Crippen MR) is 78.1 cm³/mol. The Labute approximate surface area is 114 Å². The molecule has 0 heterocycles. The third-order valence-corrected chi connectivity index (χ3v) is 3.19. The van der Waals surface area contributed by atoms with Crippen molar-refractivity contribution in [3.05, 3.63) is 54.1 Å². The fraction of sp³-hybridized carbons (Fsp3) is 0.250. The predicted octanol–water partition coefficient (Wildman–Crippen LogP) is 3.52. The van der Waals surface area contributed by atoms with Gasteiger partial charge in [0.25, 0.3) is 0 Å². The molecule has 3 heteroatoms. The van der Waals surface area contributed by atoms with Crippen molar-refractivity contribution >= 4 is 11.4 Å². The van der Waals surface area contributed by atoms with Gasteiger partial charge in [0.1, 0.15) is 5.75 Å². The minimum atomic E-state index is -0.586. The summed E-state index contributed by atoms with van der Waals surface area (Å²) in [4.78, 5) is 2.05. The van der Waals surface area contributed by atoms with Gasteiger partial charge in [-0.2, -0.15) is 0 Å². The first-order chi connectivity index (χ1) is 9.15. The van der Waals surface area contributed by atoms with Crippen LogP contribution in [0, 0.1) is 0 Å². The highest BCUT2D eigenvalue weighted by Crippen LogP contribution is 2.36. The number of aliphatic hydroxyl groups is 1. The van der Waals surface area contributed by atoms with E-state index in [0.29, 0.717) is 5.75 Å². The second kappa shape index (κ2) is 5.76. The van der Waals surface area contributed by atoms with Crippen molar-refractivity contribution in [2.45, 2.75) is 13.0 Å². The van der Waals surface area contributed by atoms with Crippen molar-refractivity contribution in [3.8, 4) is 5.75 Å². The Morgan fingerprint density at radius 3 is 2.32 bits per heavy atom. The molecule has 0 saturated heterocycles. The largest absolute Gasteiger partial charge is 0.496 e. The summed E-state index contributed by atoms with van der Waals surface area (Å²) in [5.74, 6) is 0.704. The van der Waals surface area contributed by atoms with Crippen LogP contribution in [-0.2, 0) is 0 Å². The number of rotatable bonds is 4. The van der Waals surface area contributed by atoms with Gasteiger partial charge < -0.3 is 14.7 Å². The minimum absolute atomic E-state index is 0.586. The maximum atomic E-state index is 10.0. The van der Waals surface area contributed by atoms with Crippen LogP contribution in [-0.4, -0.2) is 19.3 Å². The normalized spacial score (nSPS) is 12.0. The Hall–Kier alpha value is -2.00. The minimum Gasteiger partial charge on any atom is -0.496 e. The first-order valence-corrected chi connectivity index (χ1v) is 6.29. The van der Waals surface area contributed by atoms with E-state index in [1.807, 2.05) is 60.5 Å². The zero-order valence-corrected chi connectivity index (χ0v) is 11.5. The quantitative estimate of drug-likeness (QED) is 0.909. The monoisotopic (exact) mass is 257 g/mol. The second-order valence-electron chi connectivity index (χ2n) is 4.46. The average molecular weight is 257 g/mol. The Morgan fingerprint density at radius 1 is 1.05 bits per heavy atom. The fourth-order valence-electron chi connectivity index (χ4n) is 2.21. The van der Waals surface area contributed by atoms with E-state index in [1.54, 1.807) is 14.0 Å². The SMILES string of the molecule is COc1cccc(N(C)c2ccccc2)c1[C@H](C)O. The van der Waals surface area contributed by atoms with Crippen LogP contribution in [0.2, 0.25) is 0 Å². The van der Waals surface area contributed by atoms with Gasteiger partial charge in [0.05, 0.1) is 18.9 Å². The molecule has 19 heavy (non-hydrogen) atoms. The number of methoxy groups -OCH3 is 1. The second-order valence-corrected chi connectivity index (χ2v) is 4.46. The zero-order valence-electron chi connectivity index (χ0n) is 11.5. The lowest BCUT2D eigenvalue weighted by Crippen LogP contribution is -2.13. The number of aliphatic hydroxyl groups excluding tert-OH is 1. The fourth-order valence-corrected chi connectivity index (χ4v) is 2.21. The van der Waals surface area contributed by atoms with Crippen LogP contribution in [0.3, 0.4) is 0 Å². The summed E-state index contributed by atoms with van der Waals surface area (Å²) in [6, 6.07) is 15.8. The third-order valence-electron chi connectivity index (χ3n) is 3.19. The van der Waals surface area contributed by atoms with E-state index in [-0.39, 0.29) is 0 Å². The molecule has 0 bridgehead atoms. The van der Waals surface area contributed by atoms with E-state index >= 15 is 0 Å². The van der Waals surface area contributed by atoms with Gasteiger partial charge >= 0.3 is 0 Å². The Balaban J connectivity index is 2.50. The first kappa shape index (κ1) is 13.4. The summed E-state index contributed by atoms with van der Waals surface area (Å²) in [5, 5.41) is 10.0. The molecule has 100 valence electrons. The van der Waals surface area contributed by atoms with Crippen LogP contribution in [0.25, 0.3) is 0 Å². The van der Waals surface area contributed by atoms with Gasteiger partial charge in [-0.05, 0) is 31.2 Å². The van der Waals surface area contributed by atoms with Gasteiger partial charge in [-0.3, -0.25) is 0 Å². The number of para-hydroxylation sites is 1. The molecule has 0 spiro atoms. The van der Waals surface area contributed by atoms with Gasteiger partial charge in [-0.15, -0.1) is 0 Å². The lowest BCUT2D eigenvalue weighted by Gasteiger charge is -2.25. The molecule has 3 nitrogen and oxygen atoms in total. The van der Waals surface area contributed by atoms with Gasteiger partial charge in [-0.1, -0.05) is 24.3 Å². The average Bonchev–Trinajstić information content (AvgIpc) is 2.46. The summed E-state index contributed by atoms with van der Waals surface area (Å²) in [6.07, 6.45) is -0.586. The molecular weight excluding hydrogens is 238 g/mol. The lowest BCUT2D eigenvalue weighted by atomic mass is 10.1. The van der Waals surface area contributed by atoms with Gasteiger partial charge in [0, 0.05) is 18.3 Å². The van der Waals surface area contributed by atoms with E-state index in [4.69, 9.17) is 4.74 Å². The molecule has 2 aromatic rings. The van der Waals surface area contributed by atoms with Crippen molar-refractivity contribution in [3.63, 3.8) is 0 Å². The third kappa shape index (κ3) is 2.71. The van der Waals surface area contributed by atoms with E-state index in [0.717, 1.165) is 16.9 Å². The van der Waals surface area contributed by atoms with Crippen molar-refractivity contribution in [2.24, 2.45) is 0 Å². The Bertz CT molecular complexity index is 538. The number of hydrogen-bond acceptors (Lipinski definition) is 3. The van der Waals surface area contributed by atoms with E-state index in [2.05, 4.69) is 0 Å². The van der Waals surface area contributed by atoms with Crippen molar-refractivity contribution in [1.29, 1.82) is 0 Å². The molecule has 0 radical (unpaired) electrons. The van der Waals surface area contributed by atoms with Crippen molar-refractivity contribution in [1.82, 2.24) is 0 Å². The van der Waals surface area contributed by atoms with Crippen LogP contribution >= 0.6 is 0 Å². The molecule has 2 aromatic carbocycles. The summed E-state index contributed by atoms with van der Waals surface area (Å²) >= 11 is 0. The van der Waals surface area contributed by atoms with E-state index < -0.39 is 6.10 Å². The topological polar surface area (TPSA) is 32.7 Å². The molecular formula is C16H19NO2. The molecule has 2 rings (SSSR count). The van der Waals surface area contributed by atoms with Crippen molar-refractivity contribution < 1.29 is 9.84 Å². The van der Waals surface area contributed by atoms with E-state index in [9.17, 15) is 5.11 Å². The first-order valence-electron chi connectivity index (χ1n) is 6.29. The molecule has 0 aromatic heterocycles. The highest BCUT2D eigenvalue weighted by atomic mass is 16.5. The molecule has 0 saturated carbocycles. The number of anilines is 2. The molecule has 0 aliphatic carbocycles. The molecule has 0 unspecified atom stereocenters. The molecule has 0 amide bonds. The highest BCUT2D eigenvalue weighted by molar-refractivity contribution is 5.68. The number of ether oxygens (including phenoxy) is 1. The van der Waals surface area contributed by atoms with Crippen LogP contribution in [0.5, 0.6) is 5.75 Å². The maximum Gasteiger partial charge on any atom is 0.126 e.